The molecule has 0 N–H and O–H groups in total. The van der Waals surface area contributed by atoms with Crippen molar-refractivity contribution < 1.29 is 0 Å². The highest BCUT2D eigenvalue weighted by atomic mass is 32.2. The zero-order valence-electron chi connectivity index (χ0n) is 16.5. The lowest BCUT2D eigenvalue weighted by atomic mass is 9.95. The van der Waals surface area contributed by atoms with E-state index in [0.717, 1.165) is 47.9 Å². The second-order valence-electron chi connectivity index (χ2n) is 7.51. The molecule has 1 aliphatic rings. The monoisotopic (exact) mass is 418 g/mol. The fraction of sp³-hybridized carbons (Fsp3) is 0.318. The standard InChI is InChI=1S/C22H22N6OS/c29-21-18-13-7-8-14-19(18)23-22(27(21)16-9-3-1-4-10-16)30-15-20-24-25-26-28(20)17-11-5-2-6-12-17/h2,5-8,11-14,16H,1,3-4,9-10,15H2. The molecule has 1 fully saturated rings. The third kappa shape index (κ3) is 3.63. The minimum Gasteiger partial charge on any atom is -0.284 e. The van der Waals surface area contributed by atoms with Gasteiger partial charge in [-0.2, -0.15) is 4.68 Å². The molecule has 0 atom stereocenters. The molecule has 0 amide bonds. The Morgan fingerprint density at radius 2 is 1.73 bits per heavy atom. The Bertz CT molecular complexity index is 1210. The van der Waals surface area contributed by atoms with E-state index in [0.29, 0.717) is 11.1 Å². The van der Waals surface area contributed by atoms with E-state index in [1.165, 1.54) is 18.2 Å². The van der Waals surface area contributed by atoms with E-state index in [4.69, 9.17) is 4.98 Å². The number of hydrogen-bond acceptors (Lipinski definition) is 6. The van der Waals surface area contributed by atoms with Crippen molar-refractivity contribution in [3.63, 3.8) is 0 Å². The molecule has 1 saturated carbocycles. The van der Waals surface area contributed by atoms with Gasteiger partial charge in [0.2, 0.25) is 0 Å². The number of rotatable bonds is 5. The molecule has 0 unspecified atom stereocenters. The maximum absolute atomic E-state index is 13.4. The molecule has 1 aliphatic carbocycles. The molecule has 2 heterocycles. The van der Waals surface area contributed by atoms with E-state index >= 15 is 0 Å². The topological polar surface area (TPSA) is 78.5 Å². The number of hydrogen-bond donors (Lipinski definition) is 0. The molecule has 0 radical (unpaired) electrons. The number of benzene rings is 2. The van der Waals surface area contributed by atoms with Gasteiger partial charge in [0, 0.05) is 6.04 Å². The van der Waals surface area contributed by atoms with Crippen molar-refractivity contribution >= 4 is 22.7 Å². The third-order valence-electron chi connectivity index (χ3n) is 5.58. The summed E-state index contributed by atoms with van der Waals surface area (Å²) in [4.78, 5) is 18.2. The van der Waals surface area contributed by atoms with Gasteiger partial charge in [-0.05, 0) is 47.5 Å². The van der Waals surface area contributed by atoms with E-state index < -0.39 is 0 Å². The van der Waals surface area contributed by atoms with Crippen LogP contribution in [-0.4, -0.2) is 29.8 Å². The average molecular weight is 419 g/mol. The molecule has 0 aliphatic heterocycles. The molecular weight excluding hydrogens is 396 g/mol. The highest BCUT2D eigenvalue weighted by Gasteiger charge is 2.22. The number of aromatic nitrogens is 6. The largest absolute Gasteiger partial charge is 0.284 e. The summed E-state index contributed by atoms with van der Waals surface area (Å²) >= 11 is 1.52. The number of fused-ring (bicyclic) bond motifs is 1. The number of nitrogens with zero attached hydrogens (tertiary/aromatic N) is 6. The maximum Gasteiger partial charge on any atom is 0.262 e. The zero-order chi connectivity index (χ0) is 20.3. The first-order chi connectivity index (χ1) is 14.8. The van der Waals surface area contributed by atoms with Gasteiger partial charge in [-0.1, -0.05) is 61.4 Å². The van der Waals surface area contributed by atoms with Crippen molar-refractivity contribution in [2.45, 2.75) is 49.1 Å². The number of tetrazole rings is 1. The van der Waals surface area contributed by atoms with Crippen LogP contribution in [0, 0.1) is 0 Å². The molecule has 152 valence electrons. The Balaban J connectivity index is 1.52. The predicted octanol–water partition coefficient (Wildman–Crippen LogP) is 4.17. The minimum absolute atomic E-state index is 0.0534. The molecule has 0 saturated heterocycles. The molecule has 30 heavy (non-hydrogen) atoms. The number of thioether (sulfide) groups is 1. The lowest BCUT2D eigenvalue weighted by Gasteiger charge is -2.26. The van der Waals surface area contributed by atoms with Gasteiger partial charge >= 0.3 is 0 Å². The van der Waals surface area contributed by atoms with E-state index in [1.54, 1.807) is 4.68 Å². The summed E-state index contributed by atoms with van der Waals surface area (Å²) in [7, 11) is 0. The van der Waals surface area contributed by atoms with Crippen LogP contribution in [0.2, 0.25) is 0 Å². The number of para-hydroxylation sites is 2. The normalized spacial score (nSPS) is 14.9. The Kier molecular flexibility index (Phi) is 5.31. The van der Waals surface area contributed by atoms with Gasteiger partial charge in [0.25, 0.3) is 5.56 Å². The predicted molar refractivity (Wildman–Crippen MR) is 117 cm³/mol. The summed E-state index contributed by atoms with van der Waals surface area (Å²) < 4.78 is 3.65. The quantitative estimate of drug-likeness (QED) is 0.358. The van der Waals surface area contributed by atoms with Gasteiger partial charge < -0.3 is 0 Å². The van der Waals surface area contributed by atoms with Crippen LogP contribution >= 0.6 is 11.8 Å². The first-order valence-electron chi connectivity index (χ1n) is 10.3. The third-order valence-corrected chi connectivity index (χ3v) is 6.53. The highest BCUT2D eigenvalue weighted by Crippen LogP contribution is 2.32. The van der Waals surface area contributed by atoms with Crippen LogP contribution in [0.25, 0.3) is 16.6 Å². The summed E-state index contributed by atoms with van der Waals surface area (Å²) in [5, 5.41) is 13.6. The second kappa shape index (κ2) is 8.39. The summed E-state index contributed by atoms with van der Waals surface area (Å²) in [6, 6.07) is 17.6. The molecule has 0 spiro atoms. The van der Waals surface area contributed by atoms with Gasteiger partial charge in [-0.25, -0.2) is 4.98 Å². The summed E-state index contributed by atoms with van der Waals surface area (Å²) in [6.07, 6.45) is 5.59. The van der Waals surface area contributed by atoms with Crippen LogP contribution in [-0.2, 0) is 5.75 Å². The van der Waals surface area contributed by atoms with Gasteiger partial charge in [0.1, 0.15) is 0 Å². The van der Waals surface area contributed by atoms with Gasteiger partial charge in [-0.3, -0.25) is 9.36 Å². The van der Waals surface area contributed by atoms with Crippen LogP contribution < -0.4 is 5.56 Å². The smallest absolute Gasteiger partial charge is 0.262 e. The van der Waals surface area contributed by atoms with E-state index in [9.17, 15) is 4.79 Å². The molecule has 7 nitrogen and oxygen atoms in total. The SMILES string of the molecule is O=c1c2ccccc2nc(SCc2nnnn2-c2ccccc2)n1C1CCCCC1. The lowest BCUT2D eigenvalue weighted by molar-refractivity contribution is 0.326. The van der Waals surface area contributed by atoms with Crippen LogP contribution in [0.3, 0.4) is 0 Å². The van der Waals surface area contributed by atoms with E-state index in [2.05, 4.69) is 15.5 Å². The molecule has 4 aromatic rings. The lowest BCUT2D eigenvalue weighted by Crippen LogP contribution is -2.29. The first-order valence-corrected chi connectivity index (χ1v) is 11.3. The zero-order valence-corrected chi connectivity index (χ0v) is 17.3. The van der Waals surface area contributed by atoms with Crippen LogP contribution in [0.5, 0.6) is 0 Å². The van der Waals surface area contributed by atoms with Crippen molar-refractivity contribution in [3.05, 3.63) is 70.8 Å². The van der Waals surface area contributed by atoms with Crippen molar-refractivity contribution in [2.24, 2.45) is 0 Å². The first kappa shape index (κ1) is 19.0. The van der Waals surface area contributed by atoms with Crippen LogP contribution in [0.15, 0.2) is 64.5 Å². The van der Waals surface area contributed by atoms with E-state index in [-0.39, 0.29) is 11.6 Å². The van der Waals surface area contributed by atoms with Crippen LogP contribution in [0.1, 0.15) is 44.0 Å². The Morgan fingerprint density at radius 3 is 2.57 bits per heavy atom. The Labute approximate surface area is 178 Å². The summed E-state index contributed by atoms with van der Waals surface area (Å²) in [5.74, 6) is 1.25. The molecule has 5 rings (SSSR count). The van der Waals surface area contributed by atoms with Gasteiger partial charge in [0.15, 0.2) is 11.0 Å². The molecule has 2 aromatic heterocycles. The second-order valence-corrected chi connectivity index (χ2v) is 8.45. The minimum atomic E-state index is 0.0534. The Hall–Kier alpha value is -3.00. The van der Waals surface area contributed by atoms with Crippen molar-refractivity contribution in [1.29, 1.82) is 0 Å². The fourth-order valence-electron chi connectivity index (χ4n) is 4.08. The van der Waals surface area contributed by atoms with Crippen molar-refractivity contribution in [2.75, 3.05) is 0 Å². The molecule has 2 aromatic carbocycles. The molecule has 8 heteroatoms. The summed E-state index contributed by atoms with van der Waals surface area (Å²) in [5.41, 5.74) is 1.70. The average Bonchev–Trinajstić information content (AvgIpc) is 3.28. The van der Waals surface area contributed by atoms with Gasteiger partial charge in [0.05, 0.1) is 22.3 Å². The van der Waals surface area contributed by atoms with Crippen molar-refractivity contribution in [3.8, 4) is 5.69 Å². The Morgan fingerprint density at radius 1 is 0.967 bits per heavy atom. The highest BCUT2D eigenvalue weighted by molar-refractivity contribution is 7.98. The van der Waals surface area contributed by atoms with Gasteiger partial charge in [-0.15, -0.1) is 5.10 Å². The van der Waals surface area contributed by atoms with Crippen LogP contribution in [0.4, 0.5) is 0 Å². The van der Waals surface area contributed by atoms with Crippen molar-refractivity contribution in [1.82, 2.24) is 29.8 Å². The molecule has 0 bridgehead atoms. The summed E-state index contributed by atoms with van der Waals surface area (Å²) in [6.45, 7) is 0. The molecular formula is C22H22N6OS. The fourth-order valence-corrected chi connectivity index (χ4v) is 5.06. The maximum atomic E-state index is 13.4. The van der Waals surface area contributed by atoms with E-state index in [1.807, 2.05) is 59.2 Å².